The van der Waals surface area contributed by atoms with Crippen LogP contribution in [0.5, 0.6) is 5.75 Å². The third kappa shape index (κ3) is 4.72. The Morgan fingerprint density at radius 3 is 2.76 bits per heavy atom. The first-order chi connectivity index (χ1) is 15.7. The van der Waals surface area contributed by atoms with E-state index < -0.39 is 17.5 Å². The summed E-state index contributed by atoms with van der Waals surface area (Å²) in [6.07, 6.45) is 3.11. The molecule has 0 aliphatic rings. The summed E-state index contributed by atoms with van der Waals surface area (Å²) in [6.45, 7) is 5.24. The molecule has 3 heterocycles. The number of anilines is 1. The van der Waals surface area contributed by atoms with Crippen molar-refractivity contribution < 1.29 is 22.8 Å². The zero-order valence-electron chi connectivity index (χ0n) is 17.9. The number of hydrogen-bond acceptors (Lipinski definition) is 6. The van der Waals surface area contributed by atoms with E-state index in [4.69, 9.17) is 20.9 Å². The van der Waals surface area contributed by atoms with Crippen LogP contribution in [0.25, 0.3) is 0 Å². The molecule has 0 saturated carbocycles. The third-order valence-corrected chi connectivity index (χ3v) is 5.17. The molecule has 1 aromatic carbocycles. The van der Waals surface area contributed by atoms with Crippen LogP contribution < -0.4 is 10.1 Å². The first-order valence-electron chi connectivity index (χ1n) is 9.79. The van der Waals surface area contributed by atoms with Gasteiger partial charge >= 0.3 is 0 Å². The Balaban J connectivity index is 1.50. The molecule has 0 bridgehead atoms. The number of carbonyl (C=O) groups is 1. The Bertz CT molecular complexity index is 1330. The Hall–Kier alpha value is -3.73. The van der Waals surface area contributed by atoms with Crippen molar-refractivity contribution >= 4 is 23.2 Å². The molecule has 0 fully saturated rings. The van der Waals surface area contributed by atoms with Gasteiger partial charge in [-0.05, 0) is 32.9 Å². The first kappa shape index (κ1) is 22.5. The summed E-state index contributed by atoms with van der Waals surface area (Å²) < 4.78 is 40.5. The minimum atomic E-state index is -0.822. The van der Waals surface area contributed by atoms with Crippen LogP contribution in [-0.2, 0) is 13.3 Å². The van der Waals surface area contributed by atoms with Crippen LogP contribution in [0.3, 0.4) is 0 Å². The molecule has 12 heteroatoms. The van der Waals surface area contributed by atoms with Crippen molar-refractivity contribution in [1.29, 1.82) is 0 Å². The lowest BCUT2D eigenvalue weighted by molar-refractivity contribution is 0.101. The fourth-order valence-corrected chi connectivity index (χ4v) is 3.40. The van der Waals surface area contributed by atoms with Crippen molar-refractivity contribution in [2.75, 3.05) is 5.32 Å². The van der Waals surface area contributed by atoms with Crippen molar-refractivity contribution in [2.45, 2.75) is 34.0 Å². The van der Waals surface area contributed by atoms with Crippen LogP contribution in [0, 0.1) is 32.4 Å². The van der Waals surface area contributed by atoms with Crippen LogP contribution in [0.1, 0.15) is 33.2 Å². The number of nitrogens with one attached hydrogen (secondary N) is 1. The van der Waals surface area contributed by atoms with Gasteiger partial charge in [0.15, 0.2) is 24.0 Å². The van der Waals surface area contributed by atoms with E-state index in [1.165, 1.54) is 16.9 Å². The SMILES string of the molecule is Cc1nn(COc2ccc(F)cc2F)c(C)c1NC(=O)c1noc(C)c1Cn1cc(Cl)cn1. The molecule has 4 rings (SSSR count). The van der Waals surface area contributed by atoms with Gasteiger partial charge in [0.25, 0.3) is 5.91 Å². The van der Waals surface area contributed by atoms with Gasteiger partial charge in [0.05, 0.1) is 34.8 Å². The smallest absolute Gasteiger partial charge is 0.278 e. The lowest BCUT2D eigenvalue weighted by Gasteiger charge is -2.09. The molecule has 9 nitrogen and oxygen atoms in total. The van der Waals surface area contributed by atoms with Crippen LogP contribution in [0.2, 0.25) is 5.02 Å². The topological polar surface area (TPSA) is 100 Å². The van der Waals surface area contributed by atoms with E-state index in [-0.39, 0.29) is 24.7 Å². The standard InChI is InChI=1S/C21H19ClF2N6O3/c1-11-19(12(2)30(27-11)10-32-18-5-4-15(23)6-17(18)24)26-21(31)20-16(13(3)33-28-20)9-29-8-14(22)7-25-29/h4-8H,9-10H2,1-3H3,(H,26,31). The minimum Gasteiger partial charge on any atom is -0.468 e. The maximum atomic E-state index is 13.8. The highest BCUT2D eigenvalue weighted by molar-refractivity contribution is 6.30. The van der Waals surface area contributed by atoms with Gasteiger partial charge in [-0.1, -0.05) is 16.8 Å². The van der Waals surface area contributed by atoms with Gasteiger partial charge < -0.3 is 14.6 Å². The molecule has 3 aromatic heterocycles. The van der Waals surface area contributed by atoms with E-state index in [0.717, 1.165) is 12.1 Å². The zero-order chi connectivity index (χ0) is 23.7. The fraction of sp³-hybridized carbons (Fsp3) is 0.238. The average molecular weight is 477 g/mol. The summed E-state index contributed by atoms with van der Waals surface area (Å²) in [4.78, 5) is 13.0. The van der Waals surface area contributed by atoms with Gasteiger partial charge in [-0.25, -0.2) is 13.5 Å². The van der Waals surface area contributed by atoms with E-state index in [1.807, 2.05) is 0 Å². The van der Waals surface area contributed by atoms with E-state index in [9.17, 15) is 13.6 Å². The fourth-order valence-electron chi connectivity index (χ4n) is 3.24. The summed E-state index contributed by atoms with van der Waals surface area (Å²) in [5, 5.41) is 15.6. The third-order valence-electron chi connectivity index (χ3n) is 4.98. The number of amides is 1. The predicted molar refractivity (Wildman–Crippen MR) is 114 cm³/mol. The Morgan fingerprint density at radius 1 is 1.27 bits per heavy atom. The molecule has 0 saturated heterocycles. The summed E-state index contributed by atoms with van der Waals surface area (Å²) in [6, 6.07) is 3.02. The second-order valence-electron chi connectivity index (χ2n) is 7.27. The highest BCUT2D eigenvalue weighted by Crippen LogP contribution is 2.24. The number of benzene rings is 1. The molecule has 0 aliphatic carbocycles. The van der Waals surface area contributed by atoms with Crippen LogP contribution in [0.4, 0.5) is 14.5 Å². The van der Waals surface area contributed by atoms with Gasteiger partial charge in [-0.3, -0.25) is 9.48 Å². The largest absolute Gasteiger partial charge is 0.468 e. The number of aryl methyl sites for hydroxylation is 2. The Kier molecular flexibility index (Phi) is 6.14. The van der Waals surface area contributed by atoms with Crippen molar-refractivity contribution in [3.05, 3.63) is 75.7 Å². The number of halogens is 3. The highest BCUT2D eigenvalue weighted by Gasteiger charge is 2.23. The quantitative estimate of drug-likeness (QED) is 0.428. The number of carbonyl (C=O) groups excluding carboxylic acids is 1. The van der Waals surface area contributed by atoms with Crippen LogP contribution >= 0.6 is 11.6 Å². The molecular formula is C21H19ClF2N6O3. The molecule has 1 N–H and O–H groups in total. The number of rotatable bonds is 7. The van der Waals surface area contributed by atoms with Gasteiger partial charge in [0.2, 0.25) is 0 Å². The molecular weight excluding hydrogens is 458 g/mol. The predicted octanol–water partition coefficient (Wildman–Crippen LogP) is 4.26. The molecule has 0 unspecified atom stereocenters. The molecule has 33 heavy (non-hydrogen) atoms. The van der Waals surface area contributed by atoms with Crippen molar-refractivity contribution in [3.63, 3.8) is 0 Å². The monoisotopic (exact) mass is 476 g/mol. The van der Waals surface area contributed by atoms with E-state index >= 15 is 0 Å². The van der Waals surface area contributed by atoms with Gasteiger partial charge in [0.1, 0.15) is 11.6 Å². The number of hydrogen-bond donors (Lipinski definition) is 1. The second-order valence-corrected chi connectivity index (χ2v) is 7.71. The molecule has 0 aliphatic heterocycles. The average Bonchev–Trinajstić information content (AvgIpc) is 3.42. The van der Waals surface area contributed by atoms with Crippen molar-refractivity contribution in [1.82, 2.24) is 24.7 Å². The lowest BCUT2D eigenvalue weighted by Crippen LogP contribution is -2.17. The first-order valence-corrected chi connectivity index (χ1v) is 10.2. The minimum absolute atomic E-state index is 0.107. The second kappa shape index (κ2) is 9.02. The number of nitrogens with zero attached hydrogens (tertiary/aromatic N) is 5. The molecule has 0 spiro atoms. The Labute approximate surface area is 191 Å². The number of ether oxygens (including phenoxy) is 1. The lowest BCUT2D eigenvalue weighted by atomic mass is 10.1. The highest BCUT2D eigenvalue weighted by atomic mass is 35.5. The Morgan fingerprint density at radius 2 is 2.06 bits per heavy atom. The van der Waals surface area contributed by atoms with Gasteiger partial charge in [-0.15, -0.1) is 0 Å². The number of aromatic nitrogens is 5. The maximum Gasteiger partial charge on any atom is 0.278 e. The summed E-state index contributed by atoms with van der Waals surface area (Å²) >= 11 is 5.91. The van der Waals surface area contributed by atoms with Gasteiger partial charge in [-0.2, -0.15) is 10.2 Å². The molecule has 1 amide bonds. The molecule has 172 valence electrons. The van der Waals surface area contributed by atoms with Crippen molar-refractivity contribution in [2.24, 2.45) is 0 Å². The normalized spacial score (nSPS) is 11.1. The molecule has 0 radical (unpaired) electrons. The zero-order valence-corrected chi connectivity index (χ0v) is 18.7. The van der Waals surface area contributed by atoms with E-state index in [0.29, 0.717) is 33.4 Å². The molecule has 4 aromatic rings. The summed E-state index contributed by atoms with van der Waals surface area (Å²) in [5.74, 6) is -1.65. The summed E-state index contributed by atoms with van der Waals surface area (Å²) in [5.41, 5.74) is 2.21. The maximum absolute atomic E-state index is 13.8. The van der Waals surface area contributed by atoms with Gasteiger partial charge in [0, 0.05) is 17.8 Å². The van der Waals surface area contributed by atoms with Crippen LogP contribution in [-0.4, -0.2) is 30.6 Å². The summed E-state index contributed by atoms with van der Waals surface area (Å²) in [7, 11) is 0. The van der Waals surface area contributed by atoms with E-state index in [2.05, 4.69) is 20.7 Å². The molecule has 0 atom stereocenters. The van der Waals surface area contributed by atoms with Crippen molar-refractivity contribution in [3.8, 4) is 5.75 Å². The van der Waals surface area contributed by atoms with E-state index in [1.54, 1.807) is 31.6 Å². The van der Waals surface area contributed by atoms with Crippen LogP contribution in [0.15, 0.2) is 35.1 Å².